The third kappa shape index (κ3) is 157. The fraction of sp³-hybridized carbons (Fsp3) is 1.00. The maximum absolute atomic E-state index is 7.61. The molecular formula is C16H48Al2Mo2O12. The summed E-state index contributed by atoms with van der Waals surface area (Å²) in [6, 6.07) is 0. The Labute approximate surface area is 236 Å². The first-order valence-electron chi connectivity index (χ1n) is 8.69. The van der Waals surface area contributed by atoms with Gasteiger partial charge in [-0.1, -0.05) is 0 Å². The topological polar surface area (TPSA) is 244 Å². The van der Waals surface area contributed by atoms with Gasteiger partial charge in [0.2, 0.25) is 0 Å². The van der Waals surface area contributed by atoms with Crippen molar-refractivity contribution in [2.24, 2.45) is 0 Å². The number of hydrogen-bond donors (Lipinski definition) is 4. The molecule has 0 unspecified atom stereocenters. The molecule has 0 atom stereocenters. The summed E-state index contributed by atoms with van der Waals surface area (Å²) >= 11 is -0.491. The molecule has 0 aliphatic heterocycles. The molecule has 0 saturated heterocycles. The summed E-state index contributed by atoms with van der Waals surface area (Å²) in [7, 11) is 0. The zero-order valence-corrected chi connectivity index (χ0v) is 27.2. The molecule has 0 aromatic heterocycles. The third-order valence-corrected chi connectivity index (χ3v) is 3.93. The number of rotatable bonds is 8. The summed E-state index contributed by atoms with van der Waals surface area (Å²) in [5.41, 5.74) is 0. The molecule has 0 aromatic carbocycles. The molecule has 0 bridgehead atoms. The third-order valence-electron chi connectivity index (χ3n) is 1.31. The van der Waals surface area contributed by atoms with Crippen molar-refractivity contribution < 1.29 is 99.6 Å². The zero-order chi connectivity index (χ0) is 21.7. The molecule has 12 N–H and O–H groups in total. The average Bonchev–Trinajstić information content (AvgIpc) is 2.35. The van der Waals surface area contributed by atoms with Crippen molar-refractivity contribution in [2.45, 2.75) is 106 Å². The number of aliphatic hydroxyl groups excluding tert-OH is 2. The van der Waals surface area contributed by atoms with Crippen LogP contribution in [0.2, 0.25) is 0 Å². The standard InChI is InChI=1S/4C3H7O.2C2H6O2.2Al.2Mo.4H2O/c4*1-3(2)4;2*1-2(3)4;;;;;;;;/h4*3H,1-2H3;2*2-4H,1H3;;;;;4*1H2/q4*-1;;;2*+2;;;;;;. The second-order valence-electron chi connectivity index (χ2n) is 6.20. The van der Waals surface area contributed by atoms with E-state index in [2.05, 4.69) is 0 Å². The van der Waals surface area contributed by atoms with Crippen LogP contribution in [0.3, 0.4) is 0 Å². The van der Waals surface area contributed by atoms with Gasteiger partial charge in [-0.3, -0.25) is 0 Å². The van der Waals surface area contributed by atoms with Gasteiger partial charge in [0.1, 0.15) is 12.6 Å². The van der Waals surface area contributed by atoms with E-state index in [0.29, 0.717) is 24.4 Å². The second kappa shape index (κ2) is 50.0. The van der Waals surface area contributed by atoms with Crippen LogP contribution in [-0.2, 0) is 57.3 Å². The van der Waals surface area contributed by atoms with Crippen LogP contribution in [-0.4, -0.2) is 111 Å². The van der Waals surface area contributed by atoms with Crippen molar-refractivity contribution >= 4 is 31.8 Å². The Hall–Kier alpha value is 1.96. The number of hydrogen-bond acceptors (Lipinski definition) is 8. The van der Waals surface area contributed by atoms with Crippen LogP contribution >= 0.6 is 0 Å². The molecule has 0 fully saturated rings. The summed E-state index contributed by atoms with van der Waals surface area (Å²) in [4.78, 5) is 0. The van der Waals surface area contributed by atoms with Gasteiger partial charge in [0, 0.05) is 66.5 Å². The van der Waals surface area contributed by atoms with Gasteiger partial charge in [0.25, 0.3) is 0 Å². The van der Waals surface area contributed by atoms with Crippen LogP contribution in [0.25, 0.3) is 0 Å². The van der Waals surface area contributed by atoms with Crippen molar-refractivity contribution in [2.75, 3.05) is 0 Å². The molecule has 32 heavy (non-hydrogen) atoms. The molecule has 12 nitrogen and oxygen atoms in total. The van der Waals surface area contributed by atoms with E-state index in [0.717, 1.165) is 0 Å². The van der Waals surface area contributed by atoms with E-state index in [1.54, 1.807) is 0 Å². The largest absolute Gasteiger partial charge is 0.668 e. The van der Waals surface area contributed by atoms with Crippen LogP contribution in [0.4, 0.5) is 0 Å². The van der Waals surface area contributed by atoms with Crippen molar-refractivity contribution in [1.82, 2.24) is 0 Å². The SMILES string of the molecule is CC(C)[O][Al][O]C(C)C.CC(C)[O][Al][O]C(C)C.CC(O)O.CC(O)O.O.O.O.O.[Mo].[Mo]. The van der Waals surface area contributed by atoms with E-state index in [9.17, 15) is 0 Å². The minimum atomic E-state index is -1.17. The monoisotopic (exact) mass is 682 g/mol. The average molecular weight is 678 g/mol. The summed E-state index contributed by atoms with van der Waals surface area (Å²) in [5.74, 6) is 0. The second-order valence-corrected chi connectivity index (χ2v) is 7.67. The first-order chi connectivity index (χ1) is 11.7. The molecule has 0 spiro atoms. The van der Waals surface area contributed by atoms with E-state index in [4.69, 9.17) is 35.6 Å². The first-order valence-corrected chi connectivity index (χ1v) is 10.6. The van der Waals surface area contributed by atoms with Gasteiger partial charge in [-0.25, -0.2) is 0 Å². The van der Waals surface area contributed by atoms with Gasteiger partial charge in [-0.15, -0.1) is 0 Å². The zero-order valence-electron chi connectivity index (χ0n) is 20.9. The summed E-state index contributed by atoms with van der Waals surface area (Å²) in [6.45, 7) is 18.6. The van der Waals surface area contributed by atoms with Gasteiger partial charge >= 0.3 is 31.8 Å². The minimum Gasteiger partial charge on any atom is -0.482 e. The Morgan fingerprint density at radius 3 is 0.562 bits per heavy atom. The molecule has 2 radical (unpaired) electrons. The molecule has 16 heteroatoms. The summed E-state index contributed by atoms with van der Waals surface area (Å²) in [6.07, 6.45) is -1.12. The van der Waals surface area contributed by atoms with Crippen LogP contribution in [0.15, 0.2) is 0 Å². The number of aliphatic hydroxyl groups is 4. The molecule has 0 aliphatic rings. The predicted molar refractivity (Wildman–Crippen MR) is 119 cm³/mol. The molecule has 0 saturated carbocycles. The van der Waals surface area contributed by atoms with Gasteiger partial charge in [-0.05, 0) is 69.2 Å². The normalized spacial score (nSPS) is 8.38. The van der Waals surface area contributed by atoms with Crippen LogP contribution < -0.4 is 0 Å². The van der Waals surface area contributed by atoms with Crippen LogP contribution in [0.1, 0.15) is 69.2 Å². The van der Waals surface area contributed by atoms with Crippen molar-refractivity contribution in [3.8, 4) is 0 Å². The molecule has 202 valence electrons. The smallest absolute Gasteiger partial charge is 0.482 e. The fourth-order valence-electron chi connectivity index (χ4n) is 0.509. The Balaban J connectivity index is -0.0000000250. The fourth-order valence-corrected chi connectivity index (χ4v) is 1.53. The van der Waals surface area contributed by atoms with E-state index in [-0.39, 0.29) is 95.8 Å². The molecule has 0 aromatic rings. The Kier molecular flexibility index (Phi) is 100. The van der Waals surface area contributed by atoms with Crippen LogP contribution in [0.5, 0.6) is 0 Å². The summed E-state index contributed by atoms with van der Waals surface area (Å²) in [5, 5.41) is 30.4. The van der Waals surface area contributed by atoms with E-state index in [1.165, 1.54) is 13.8 Å². The quantitative estimate of drug-likeness (QED) is 0.166. The maximum atomic E-state index is 7.61. The molecule has 0 rings (SSSR count). The summed E-state index contributed by atoms with van der Waals surface area (Å²) < 4.78 is 20.9. The van der Waals surface area contributed by atoms with Gasteiger partial charge in [-0.2, -0.15) is 0 Å². The predicted octanol–water partition coefficient (Wildman–Crippen LogP) is -1.93. The van der Waals surface area contributed by atoms with Crippen LogP contribution in [0, 0.1) is 0 Å². The molecule has 0 heterocycles. The Bertz CT molecular complexity index is 212. The molecule has 0 amide bonds. The van der Waals surface area contributed by atoms with E-state index in [1.807, 2.05) is 55.4 Å². The minimum absolute atomic E-state index is 0. The van der Waals surface area contributed by atoms with Crippen molar-refractivity contribution in [1.29, 1.82) is 0 Å². The van der Waals surface area contributed by atoms with E-state index < -0.39 is 12.6 Å². The Morgan fingerprint density at radius 1 is 0.406 bits per heavy atom. The van der Waals surface area contributed by atoms with E-state index >= 15 is 0 Å². The van der Waals surface area contributed by atoms with Crippen molar-refractivity contribution in [3.63, 3.8) is 0 Å². The molecule has 0 aliphatic carbocycles. The Morgan fingerprint density at radius 2 is 0.500 bits per heavy atom. The first kappa shape index (κ1) is 64.3. The maximum Gasteiger partial charge on any atom is 0.668 e. The van der Waals surface area contributed by atoms with Gasteiger partial charge < -0.3 is 57.5 Å². The van der Waals surface area contributed by atoms with Gasteiger partial charge in [0.05, 0.1) is 0 Å². The van der Waals surface area contributed by atoms with Gasteiger partial charge in [0.15, 0.2) is 0 Å². The van der Waals surface area contributed by atoms with Crippen molar-refractivity contribution in [3.05, 3.63) is 0 Å². The molecular weight excluding hydrogens is 630 g/mol.